The Morgan fingerprint density at radius 1 is 1.32 bits per heavy atom. The van der Waals surface area contributed by atoms with Gasteiger partial charge in [-0.2, -0.15) is 0 Å². The van der Waals surface area contributed by atoms with Crippen molar-refractivity contribution in [1.29, 1.82) is 0 Å². The van der Waals surface area contributed by atoms with E-state index in [1.54, 1.807) is 14.2 Å². The maximum Gasteiger partial charge on any atom is 0.224 e. The van der Waals surface area contributed by atoms with Crippen molar-refractivity contribution in [2.45, 2.75) is 26.2 Å². The predicted molar refractivity (Wildman–Crippen MR) is 90.4 cm³/mol. The van der Waals surface area contributed by atoms with E-state index < -0.39 is 0 Å². The molecule has 22 heavy (non-hydrogen) atoms. The Morgan fingerprint density at radius 2 is 2.00 bits per heavy atom. The Balaban J connectivity index is 0.00000242. The second-order valence-electron chi connectivity index (χ2n) is 5.47. The summed E-state index contributed by atoms with van der Waals surface area (Å²) in [5.74, 6) is 1.97. The number of hydrogen-bond donors (Lipinski definition) is 2. The fourth-order valence-corrected chi connectivity index (χ4v) is 2.62. The molecule has 2 N–H and O–H groups in total. The molecule has 0 aromatic heterocycles. The lowest BCUT2D eigenvalue weighted by atomic mass is 10.0. The van der Waals surface area contributed by atoms with Gasteiger partial charge in [-0.1, -0.05) is 0 Å². The third-order valence-corrected chi connectivity index (χ3v) is 3.95. The predicted octanol–water partition coefficient (Wildman–Crippen LogP) is 2.76. The van der Waals surface area contributed by atoms with Crippen LogP contribution in [0.15, 0.2) is 12.1 Å². The van der Waals surface area contributed by atoms with Crippen LogP contribution >= 0.6 is 12.4 Å². The lowest BCUT2D eigenvalue weighted by Crippen LogP contribution is -2.15. The van der Waals surface area contributed by atoms with Crippen LogP contribution < -0.4 is 20.1 Å². The number of ether oxygens (including phenoxy) is 2. The summed E-state index contributed by atoms with van der Waals surface area (Å²) in [6.45, 7) is 4.04. The van der Waals surface area contributed by atoms with E-state index in [0.29, 0.717) is 23.8 Å². The second-order valence-corrected chi connectivity index (χ2v) is 5.47. The van der Waals surface area contributed by atoms with Crippen molar-refractivity contribution in [1.82, 2.24) is 5.32 Å². The van der Waals surface area contributed by atoms with Crippen LogP contribution in [0.5, 0.6) is 11.5 Å². The molecule has 0 aliphatic carbocycles. The summed E-state index contributed by atoms with van der Waals surface area (Å²) >= 11 is 0. The van der Waals surface area contributed by atoms with Crippen molar-refractivity contribution in [2.75, 3.05) is 32.6 Å². The minimum Gasteiger partial charge on any atom is -0.493 e. The van der Waals surface area contributed by atoms with Crippen molar-refractivity contribution < 1.29 is 14.3 Å². The summed E-state index contributed by atoms with van der Waals surface area (Å²) < 4.78 is 10.5. The quantitative estimate of drug-likeness (QED) is 0.843. The summed E-state index contributed by atoms with van der Waals surface area (Å²) in [4.78, 5) is 12.1. The molecule has 1 amide bonds. The standard InChI is InChI=1S/C16H24N2O3.ClH/c1-11-8-14(20-2)15(21-3)9-13(11)18-16(19)5-4-12-6-7-17-10-12;/h8-9,12,17H,4-7,10H2,1-3H3,(H,18,19);1H. The molecule has 0 spiro atoms. The van der Waals surface area contributed by atoms with Gasteiger partial charge in [0.25, 0.3) is 0 Å². The summed E-state index contributed by atoms with van der Waals surface area (Å²) in [5, 5.41) is 6.29. The first-order valence-corrected chi connectivity index (χ1v) is 7.37. The second kappa shape index (κ2) is 8.86. The summed E-state index contributed by atoms with van der Waals surface area (Å²) in [5.41, 5.74) is 1.74. The molecule has 1 aromatic rings. The lowest BCUT2D eigenvalue weighted by Gasteiger charge is -2.14. The Kier molecular flexibility index (Phi) is 7.48. The van der Waals surface area contributed by atoms with E-state index in [1.165, 1.54) is 6.42 Å². The fraction of sp³-hybridized carbons (Fsp3) is 0.562. The minimum atomic E-state index is 0. The fourth-order valence-electron chi connectivity index (χ4n) is 2.62. The van der Waals surface area contributed by atoms with Crippen LogP contribution in [0.3, 0.4) is 0 Å². The number of anilines is 1. The van der Waals surface area contributed by atoms with Crippen LogP contribution in [0, 0.1) is 12.8 Å². The number of nitrogens with one attached hydrogen (secondary N) is 2. The number of carbonyl (C=O) groups is 1. The zero-order valence-corrected chi connectivity index (χ0v) is 14.2. The summed E-state index contributed by atoms with van der Waals surface area (Å²) in [6, 6.07) is 3.68. The Bertz CT molecular complexity index is 502. The molecule has 0 saturated carbocycles. The monoisotopic (exact) mass is 328 g/mol. The van der Waals surface area contributed by atoms with E-state index in [4.69, 9.17) is 9.47 Å². The summed E-state index contributed by atoms with van der Waals surface area (Å²) in [6.07, 6.45) is 2.66. The third-order valence-electron chi connectivity index (χ3n) is 3.95. The van der Waals surface area contributed by atoms with Gasteiger partial charge in [-0.3, -0.25) is 4.79 Å². The molecule has 1 atom stereocenters. The van der Waals surface area contributed by atoms with Crippen molar-refractivity contribution in [2.24, 2.45) is 5.92 Å². The number of amides is 1. The molecule has 5 nitrogen and oxygen atoms in total. The molecule has 1 saturated heterocycles. The average molecular weight is 329 g/mol. The van der Waals surface area contributed by atoms with Gasteiger partial charge in [-0.25, -0.2) is 0 Å². The molecule has 1 aliphatic rings. The van der Waals surface area contributed by atoms with Gasteiger partial charge < -0.3 is 20.1 Å². The molecule has 124 valence electrons. The molecule has 0 bridgehead atoms. The molecule has 1 unspecified atom stereocenters. The smallest absolute Gasteiger partial charge is 0.224 e. The highest BCUT2D eigenvalue weighted by molar-refractivity contribution is 5.92. The van der Waals surface area contributed by atoms with Gasteiger partial charge in [0.2, 0.25) is 5.91 Å². The van der Waals surface area contributed by atoms with E-state index >= 15 is 0 Å². The first-order valence-electron chi connectivity index (χ1n) is 7.37. The van der Waals surface area contributed by atoms with Gasteiger partial charge >= 0.3 is 0 Å². The molecule has 1 fully saturated rings. The van der Waals surface area contributed by atoms with Gasteiger partial charge in [-0.15, -0.1) is 12.4 Å². The van der Waals surface area contributed by atoms with E-state index in [-0.39, 0.29) is 18.3 Å². The maximum absolute atomic E-state index is 12.1. The number of halogens is 1. The highest BCUT2D eigenvalue weighted by atomic mass is 35.5. The van der Waals surface area contributed by atoms with Crippen LogP contribution in [0.25, 0.3) is 0 Å². The van der Waals surface area contributed by atoms with Gasteiger partial charge in [0.15, 0.2) is 11.5 Å². The highest BCUT2D eigenvalue weighted by Crippen LogP contribution is 2.33. The number of rotatable bonds is 6. The number of methoxy groups -OCH3 is 2. The zero-order chi connectivity index (χ0) is 15.2. The van der Waals surface area contributed by atoms with E-state index in [1.807, 2.05) is 19.1 Å². The maximum atomic E-state index is 12.1. The largest absolute Gasteiger partial charge is 0.493 e. The lowest BCUT2D eigenvalue weighted by molar-refractivity contribution is -0.116. The number of hydrogen-bond acceptors (Lipinski definition) is 4. The molecule has 6 heteroatoms. The van der Waals surface area contributed by atoms with Crippen molar-refractivity contribution in [3.8, 4) is 11.5 Å². The van der Waals surface area contributed by atoms with Gasteiger partial charge in [0, 0.05) is 18.2 Å². The van der Waals surface area contributed by atoms with Crippen molar-refractivity contribution in [3.63, 3.8) is 0 Å². The third kappa shape index (κ3) is 4.78. The topological polar surface area (TPSA) is 59.6 Å². The Hall–Kier alpha value is -1.46. The number of benzene rings is 1. The number of aryl methyl sites for hydroxylation is 1. The van der Waals surface area contributed by atoms with Crippen LogP contribution in [-0.2, 0) is 4.79 Å². The van der Waals surface area contributed by atoms with Crippen molar-refractivity contribution >= 4 is 24.0 Å². The van der Waals surface area contributed by atoms with Gasteiger partial charge in [-0.05, 0) is 50.4 Å². The van der Waals surface area contributed by atoms with Gasteiger partial charge in [0.1, 0.15) is 0 Å². The van der Waals surface area contributed by atoms with Crippen LogP contribution in [0.1, 0.15) is 24.8 Å². The van der Waals surface area contributed by atoms with E-state index in [0.717, 1.165) is 30.8 Å². The van der Waals surface area contributed by atoms with Crippen LogP contribution in [-0.4, -0.2) is 33.2 Å². The van der Waals surface area contributed by atoms with Crippen LogP contribution in [0.4, 0.5) is 5.69 Å². The van der Waals surface area contributed by atoms with Crippen LogP contribution in [0.2, 0.25) is 0 Å². The average Bonchev–Trinajstić information content (AvgIpc) is 3.00. The minimum absolute atomic E-state index is 0. The van der Waals surface area contributed by atoms with Crippen molar-refractivity contribution in [3.05, 3.63) is 17.7 Å². The normalized spacial score (nSPS) is 16.8. The molecule has 0 radical (unpaired) electrons. The summed E-state index contributed by atoms with van der Waals surface area (Å²) in [7, 11) is 3.19. The Labute approximate surface area is 138 Å². The highest BCUT2D eigenvalue weighted by Gasteiger charge is 2.16. The SMILES string of the molecule is COc1cc(C)c(NC(=O)CCC2CCNC2)cc1OC.Cl. The first-order chi connectivity index (χ1) is 10.1. The molecule has 1 aliphatic heterocycles. The Morgan fingerprint density at radius 3 is 2.59 bits per heavy atom. The first kappa shape index (κ1) is 18.6. The number of carbonyl (C=O) groups excluding carboxylic acids is 1. The molecule has 1 aromatic carbocycles. The molecular weight excluding hydrogens is 304 g/mol. The zero-order valence-electron chi connectivity index (χ0n) is 13.4. The van der Waals surface area contributed by atoms with Gasteiger partial charge in [0.05, 0.1) is 14.2 Å². The molecule has 1 heterocycles. The van der Waals surface area contributed by atoms with E-state index in [9.17, 15) is 4.79 Å². The molecule has 2 rings (SSSR count). The van der Waals surface area contributed by atoms with E-state index in [2.05, 4.69) is 10.6 Å². The molecular formula is C16H25ClN2O3.